The number of hydrogen-bond acceptors (Lipinski definition) is 5. The highest BCUT2D eigenvalue weighted by Gasteiger charge is 1.98. The van der Waals surface area contributed by atoms with E-state index >= 15 is 0 Å². The highest BCUT2D eigenvalue weighted by atomic mass is 32.2. The van der Waals surface area contributed by atoms with E-state index < -0.39 is 0 Å². The van der Waals surface area contributed by atoms with Crippen molar-refractivity contribution in [3.8, 4) is 0 Å². The molecule has 1 amide bonds. The van der Waals surface area contributed by atoms with Gasteiger partial charge in [-0.3, -0.25) is 10.2 Å². The number of hydrogen-bond donors (Lipinski definition) is 2. The van der Waals surface area contributed by atoms with Gasteiger partial charge >= 0.3 is 0 Å². The fraction of sp³-hybridized carbons (Fsp3) is 0.500. The third kappa shape index (κ3) is 5.67. The number of nitrogens with two attached hydrogens (primary N) is 1. The molecule has 0 aliphatic heterocycles. The summed E-state index contributed by atoms with van der Waals surface area (Å²) in [7, 11) is 0. The Morgan fingerprint density at radius 3 is 3.00 bits per heavy atom. The maximum Gasteiger partial charge on any atom is 0.233 e. The second-order valence-corrected chi connectivity index (χ2v) is 4.39. The number of carbonyl (C=O) groups excluding carboxylic acids is 1. The molecule has 0 saturated carbocycles. The summed E-state index contributed by atoms with van der Waals surface area (Å²) in [6, 6.07) is 1.90. The monoisotopic (exact) mass is 240 g/mol. The predicted molar refractivity (Wildman–Crippen MR) is 63.6 cm³/mol. The zero-order valence-electron chi connectivity index (χ0n) is 9.06. The van der Waals surface area contributed by atoms with Crippen molar-refractivity contribution in [2.75, 3.05) is 5.75 Å². The van der Waals surface area contributed by atoms with E-state index in [0.717, 1.165) is 30.0 Å². The Kier molecular flexibility index (Phi) is 6.52. The molecule has 0 atom stereocenters. The molecule has 1 heterocycles. The van der Waals surface area contributed by atoms with E-state index in [1.54, 1.807) is 24.3 Å². The van der Waals surface area contributed by atoms with Crippen LogP contribution in [0.15, 0.2) is 23.6 Å². The highest BCUT2D eigenvalue weighted by Crippen LogP contribution is 2.15. The molecule has 3 N–H and O–H groups in total. The minimum atomic E-state index is -0.0940. The van der Waals surface area contributed by atoms with Gasteiger partial charge in [-0.05, 0) is 24.7 Å². The van der Waals surface area contributed by atoms with Gasteiger partial charge in [0.25, 0.3) is 0 Å². The summed E-state index contributed by atoms with van der Waals surface area (Å²) in [4.78, 5) is 18.8. The van der Waals surface area contributed by atoms with Gasteiger partial charge in [-0.15, -0.1) is 11.8 Å². The van der Waals surface area contributed by atoms with Crippen molar-refractivity contribution in [2.45, 2.75) is 30.7 Å². The highest BCUT2D eigenvalue weighted by molar-refractivity contribution is 7.99. The zero-order chi connectivity index (χ0) is 11.6. The first-order chi connectivity index (χ1) is 7.83. The Morgan fingerprint density at radius 2 is 2.31 bits per heavy atom. The van der Waals surface area contributed by atoms with Crippen molar-refractivity contribution in [3.05, 3.63) is 18.6 Å². The number of thioether (sulfide) groups is 1. The number of rotatable bonds is 7. The summed E-state index contributed by atoms with van der Waals surface area (Å²) in [5.74, 6) is 5.89. The second kappa shape index (κ2) is 8.06. The van der Waals surface area contributed by atoms with Gasteiger partial charge < -0.3 is 0 Å². The molecule has 0 radical (unpaired) electrons. The number of nitrogens with one attached hydrogen (secondary N) is 1. The van der Waals surface area contributed by atoms with Gasteiger partial charge in [-0.25, -0.2) is 15.8 Å². The third-order valence-corrected chi connectivity index (χ3v) is 3.04. The molecule has 16 heavy (non-hydrogen) atoms. The molecule has 6 heteroatoms. The Labute approximate surface area is 99.2 Å². The molecule has 0 fully saturated rings. The molecule has 88 valence electrons. The number of nitrogens with zero attached hydrogens (tertiary/aromatic N) is 2. The van der Waals surface area contributed by atoms with E-state index in [1.165, 1.54) is 0 Å². The predicted octanol–water partition coefficient (Wildman–Crippen LogP) is 1.12. The van der Waals surface area contributed by atoms with E-state index in [2.05, 4.69) is 15.4 Å². The van der Waals surface area contributed by atoms with Crippen LogP contribution in [0.5, 0.6) is 0 Å². The molecular formula is C10H16N4OS. The van der Waals surface area contributed by atoms with Gasteiger partial charge in [0.05, 0.1) is 5.03 Å². The minimum Gasteiger partial charge on any atom is -0.294 e. The van der Waals surface area contributed by atoms with Crippen LogP contribution in [0.2, 0.25) is 0 Å². The summed E-state index contributed by atoms with van der Waals surface area (Å²) in [5.41, 5.74) is 2.12. The van der Waals surface area contributed by atoms with Crippen LogP contribution in [0.3, 0.4) is 0 Å². The van der Waals surface area contributed by atoms with Crippen molar-refractivity contribution < 1.29 is 4.79 Å². The first-order valence-electron chi connectivity index (χ1n) is 5.21. The van der Waals surface area contributed by atoms with Crippen LogP contribution >= 0.6 is 11.8 Å². The van der Waals surface area contributed by atoms with E-state index in [-0.39, 0.29) is 5.91 Å². The first kappa shape index (κ1) is 12.9. The molecule has 5 nitrogen and oxygen atoms in total. The standard InChI is InChI=1S/C10H16N4OS/c11-14-9(15)4-2-1-3-7-16-10-5-6-12-8-13-10/h5-6,8H,1-4,7,11H2,(H,14,15). The van der Waals surface area contributed by atoms with Gasteiger partial charge in [0.15, 0.2) is 0 Å². The van der Waals surface area contributed by atoms with Crippen LogP contribution in [0.25, 0.3) is 0 Å². The molecule has 0 aliphatic rings. The molecule has 0 aliphatic carbocycles. The van der Waals surface area contributed by atoms with Crippen molar-refractivity contribution in [3.63, 3.8) is 0 Å². The number of amides is 1. The first-order valence-corrected chi connectivity index (χ1v) is 6.19. The molecule has 1 aromatic heterocycles. The van der Waals surface area contributed by atoms with Gasteiger partial charge in [0.1, 0.15) is 6.33 Å². The maximum atomic E-state index is 10.8. The molecule has 0 unspecified atom stereocenters. The molecular weight excluding hydrogens is 224 g/mol. The summed E-state index contributed by atoms with van der Waals surface area (Å²) in [6.07, 6.45) is 6.79. The van der Waals surface area contributed by atoms with Crippen LogP contribution in [-0.2, 0) is 4.79 Å². The normalized spacial score (nSPS) is 10.1. The maximum absolute atomic E-state index is 10.8. The van der Waals surface area contributed by atoms with Crippen molar-refractivity contribution in [2.24, 2.45) is 5.84 Å². The largest absolute Gasteiger partial charge is 0.294 e. The van der Waals surface area contributed by atoms with Crippen LogP contribution in [0.1, 0.15) is 25.7 Å². The molecule has 0 spiro atoms. The van der Waals surface area contributed by atoms with Crippen molar-refractivity contribution in [1.29, 1.82) is 0 Å². The molecule has 0 saturated heterocycles. The number of unbranched alkanes of at least 4 members (excludes halogenated alkanes) is 2. The van der Waals surface area contributed by atoms with E-state index in [4.69, 9.17) is 5.84 Å². The van der Waals surface area contributed by atoms with Crippen molar-refractivity contribution >= 4 is 17.7 Å². The zero-order valence-corrected chi connectivity index (χ0v) is 9.87. The number of carbonyl (C=O) groups is 1. The average molecular weight is 240 g/mol. The lowest BCUT2D eigenvalue weighted by molar-refractivity contribution is -0.121. The SMILES string of the molecule is NNC(=O)CCCCCSc1ccncn1. The van der Waals surface area contributed by atoms with Gasteiger partial charge in [-0.2, -0.15) is 0 Å². The summed E-state index contributed by atoms with van der Waals surface area (Å²) >= 11 is 1.71. The summed E-state index contributed by atoms with van der Waals surface area (Å²) in [6.45, 7) is 0. The topological polar surface area (TPSA) is 80.9 Å². The second-order valence-electron chi connectivity index (χ2n) is 3.27. The van der Waals surface area contributed by atoms with E-state index in [0.29, 0.717) is 6.42 Å². The lowest BCUT2D eigenvalue weighted by atomic mass is 10.2. The minimum absolute atomic E-state index is 0.0940. The molecule has 0 aromatic carbocycles. The van der Waals surface area contributed by atoms with Crippen LogP contribution in [0.4, 0.5) is 0 Å². The fourth-order valence-corrected chi connectivity index (χ4v) is 2.01. The van der Waals surface area contributed by atoms with E-state index in [1.807, 2.05) is 6.07 Å². The van der Waals surface area contributed by atoms with Gasteiger partial charge in [-0.1, -0.05) is 6.42 Å². The molecule has 1 aromatic rings. The van der Waals surface area contributed by atoms with Gasteiger partial charge in [0, 0.05) is 12.6 Å². The third-order valence-electron chi connectivity index (χ3n) is 2.01. The summed E-state index contributed by atoms with van der Waals surface area (Å²) in [5, 5.41) is 0.995. The lowest BCUT2D eigenvalue weighted by Crippen LogP contribution is -2.29. The van der Waals surface area contributed by atoms with Gasteiger partial charge in [0.2, 0.25) is 5.91 Å². The van der Waals surface area contributed by atoms with Crippen LogP contribution in [0, 0.1) is 0 Å². The molecule has 0 bridgehead atoms. The summed E-state index contributed by atoms with van der Waals surface area (Å²) < 4.78 is 0. The van der Waals surface area contributed by atoms with Crippen LogP contribution < -0.4 is 11.3 Å². The Hall–Kier alpha value is -1.14. The Balaban J connectivity index is 1.98. The lowest BCUT2D eigenvalue weighted by Gasteiger charge is -2.01. The smallest absolute Gasteiger partial charge is 0.233 e. The molecule has 1 rings (SSSR count). The van der Waals surface area contributed by atoms with Crippen molar-refractivity contribution in [1.82, 2.24) is 15.4 Å². The quantitative estimate of drug-likeness (QED) is 0.186. The number of hydrazine groups is 1. The van der Waals surface area contributed by atoms with Crippen LogP contribution in [-0.4, -0.2) is 21.6 Å². The van der Waals surface area contributed by atoms with E-state index in [9.17, 15) is 4.79 Å². The number of aromatic nitrogens is 2. The fourth-order valence-electron chi connectivity index (χ4n) is 1.18. The average Bonchev–Trinajstić information content (AvgIpc) is 2.34. The Bertz CT molecular complexity index is 307. The Morgan fingerprint density at radius 1 is 1.44 bits per heavy atom.